The Morgan fingerprint density at radius 3 is 2.56 bits per heavy atom. The smallest absolute Gasteiger partial charge is 0.232 e. The zero-order chi connectivity index (χ0) is 22.2. The van der Waals surface area contributed by atoms with E-state index in [1.807, 2.05) is 6.33 Å². The molecule has 1 atom stereocenters. The van der Waals surface area contributed by atoms with Crippen molar-refractivity contribution >= 4 is 40.2 Å². The van der Waals surface area contributed by atoms with Crippen LogP contribution in [-0.4, -0.2) is 11.6 Å². The normalized spacial score (nSPS) is 20.0. The summed E-state index contributed by atoms with van der Waals surface area (Å²) in [5, 5.41) is 7.16. The molecule has 0 N–H and O–H groups in total. The van der Waals surface area contributed by atoms with E-state index in [1.54, 1.807) is 0 Å². The highest BCUT2D eigenvalue weighted by Gasteiger charge is 2.34. The molecular formula is C29H32N2P+. The van der Waals surface area contributed by atoms with Gasteiger partial charge in [0.1, 0.15) is 5.69 Å². The molecule has 162 valence electrons. The Labute approximate surface area is 192 Å². The third kappa shape index (κ3) is 2.96. The Morgan fingerprint density at radius 2 is 1.78 bits per heavy atom. The quantitative estimate of drug-likeness (QED) is 0.253. The van der Waals surface area contributed by atoms with E-state index < -0.39 is 7.92 Å². The molecule has 1 saturated carbocycles. The van der Waals surface area contributed by atoms with Crippen LogP contribution in [0, 0.1) is 12.3 Å². The number of benzene rings is 3. The van der Waals surface area contributed by atoms with Gasteiger partial charge in [-0.15, -0.1) is 0 Å². The Hall–Kier alpha value is -2.31. The number of aryl methyl sites for hydroxylation is 2. The zero-order valence-corrected chi connectivity index (χ0v) is 20.8. The lowest BCUT2D eigenvalue weighted by atomic mass is 9.71. The molecule has 0 bridgehead atoms. The summed E-state index contributed by atoms with van der Waals surface area (Å²) in [6.07, 6.45) is 7.27. The van der Waals surface area contributed by atoms with Gasteiger partial charge in [0.15, 0.2) is 5.52 Å². The van der Waals surface area contributed by atoms with Crippen LogP contribution in [0.25, 0.3) is 32.9 Å². The van der Waals surface area contributed by atoms with Gasteiger partial charge in [-0.25, -0.2) is 4.57 Å². The average Bonchev–Trinajstić information content (AvgIpc) is 2.78. The summed E-state index contributed by atoms with van der Waals surface area (Å²) in [5.41, 5.74) is 7.39. The summed E-state index contributed by atoms with van der Waals surface area (Å²) in [4.78, 5) is 4.94. The summed E-state index contributed by atoms with van der Waals surface area (Å²) in [5.74, 6) is 0.672. The zero-order valence-electron chi connectivity index (χ0n) is 19.9. The molecule has 1 aliphatic heterocycles. The van der Waals surface area contributed by atoms with Gasteiger partial charge in [0.05, 0.1) is 12.4 Å². The first kappa shape index (κ1) is 20.3. The first-order valence-corrected chi connectivity index (χ1v) is 13.7. The molecule has 3 heteroatoms. The molecule has 4 aromatic rings. The van der Waals surface area contributed by atoms with Crippen molar-refractivity contribution in [3.05, 3.63) is 59.9 Å². The Kier molecular flexibility index (Phi) is 4.50. The maximum absolute atomic E-state index is 4.94. The van der Waals surface area contributed by atoms with Crippen LogP contribution in [-0.2, 0) is 7.05 Å². The number of rotatable bonds is 1. The molecule has 1 unspecified atom stereocenters. The number of nitrogens with zero attached hydrogens (tertiary/aromatic N) is 2. The summed E-state index contributed by atoms with van der Waals surface area (Å²) < 4.78 is 2.25. The minimum absolute atomic E-state index is 0.424. The average molecular weight is 440 g/mol. The summed E-state index contributed by atoms with van der Waals surface area (Å²) in [6, 6.07) is 16.3. The van der Waals surface area contributed by atoms with Crippen molar-refractivity contribution in [2.24, 2.45) is 12.5 Å². The van der Waals surface area contributed by atoms with Crippen molar-refractivity contribution in [1.29, 1.82) is 0 Å². The van der Waals surface area contributed by atoms with Crippen LogP contribution >= 0.6 is 7.92 Å². The SMILES string of the molecule is Cc1c2c(cc3ccccc13)P(C)c1cc(C3CCC(C)(C)CC3)cc3nc[n+](C)c-2c13. The second-order valence-corrected chi connectivity index (χ2v) is 12.8. The van der Waals surface area contributed by atoms with Crippen LogP contribution in [0.3, 0.4) is 0 Å². The van der Waals surface area contributed by atoms with Crippen molar-refractivity contribution in [1.82, 2.24) is 4.98 Å². The maximum atomic E-state index is 4.94. The fraction of sp³-hybridized carbons (Fsp3) is 0.379. The lowest BCUT2D eigenvalue weighted by Crippen LogP contribution is -2.37. The van der Waals surface area contributed by atoms with Gasteiger partial charge >= 0.3 is 0 Å². The van der Waals surface area contributed by atoms with Crippen molar-refractivity contribution in [3.63, 3.8) is 0 Å². The van der Waals surface area contributed by atoms with Gasteiger partial charge in [-0.05, 0) is 114 Å². The molecule has 0 spiro atoms. The van der Waals surface area contributed by atoms with Gasteiger partial charge in [0.25, 0.3) is 6.33 Å². The highest BCUT2D eigenvalue weighted by Crippen LogP contribution is 2.47. The molecular weight excluding hydrogens is 407 g/mol. The van der Waals surface area contributed by atoms with Gasteiger partial charge in [0.2, 0.25) is 0 Å². The van der Waals surface area contributed by atoms with E-state index in [4.69, 9.17) is 4.98 Å². The number of hydrogen-bond acceptors (Lipinski definition) is 1. The molecule has 32 heavy (non-hydrogen) atoms. The standard InChI is InChI=1S/C29H32N2P/c1-18-22-9-7-6-8-20(22)15-24-26(18)28-27-23(30-17-31(28)4)14-21(16-25(27)32(24)5)19-10-12-29(2,3)13-11-19/h6-9,14-17,19H,10-13H2,1-5H3/q+1. The van der Waals surface area contributed by atoms with E-state index in [2.05, 4.69) is 81.5 Å². The Morgan fingerprint density at radius 1 is 1.03 bits per heavy atom. The minimum atomic E-state index is -0.424. The van der Waals surface area contributed by atoms with Crippen molar-refractivity contribution in [2.45, 2.75) is 52.4 Å². The summed E-state index contributed by atoms with van der Waals surface area (Å²) in [6.45, 7) is 9.62. The van der Waals surface area contributed by atoms with Crippen LogP contribution in [0.4, 0.5) is 0 Å². The van der Waals surface area contributed by atoms with E-state index in [-0.39, 0.29) is 0 Å². The van der Waals surface area contributed by atoms with Crippen LogP contribution in [0.15, 0.2) is 48.8 Å². The molecule has 2 nitrogen and oxygen atoms in total. The summed E-state index contributed by atoms with van der Waals surface area (Å²) >= 11 is 0. The number of aromatic nitrogens is 2. The predicted octanol–water partition coefficient (Wildman–Crippen LogP) is 6.25. The van der Waals surface area contributed by atoms with Gasteiger partial charge in [-0.3, -0.25) is 0 Å². The lowest BCUT2D eigenvalue weighted by Gasteiger charge is -2.35. The topological polar surface area (TPSA) is 16.8 Å². The third-order valence-electron chi connectivity index (χ3n) is 8.14. The highest BCUT2D eigenvalue weighted by atomic mass is 31.1. The molecule has 6 rings (SSSR count). The van der Waals surface area contributed by atoms with Crippen LogP contribution in [0.5, 0.6) is 0 Å². The number of hydrogen-bond donors (Lipinski definition) is 0. The molecule has 1 aliphatic carbocycles. The monoisotopic (exact) mass is 439 g/mol. The molecule has 2 heterocycles. The van der Waals surface area contributed by atoms with Gasteiger partial charge in [-0.2, -0.15) is 0 Å². The van der Waals surface area contributed by atoms with E-state index in [1.165, 1.54) is 80.4 Å². The largest absolute Gasteiger partial charge is 0.287 e. The molecule has 0 saturated heterocycles. The lowest BCUT2D eigenvalue weighted by molar-refractivity contribution is -0.662. The fourth-order valence-corrected chi connectivity index (χ4v) is 8.20. The fourth-order valence-electron chi connectivity index (χ4n) is 6.10. The van der Waals surface area contributed by atoms with Gasteiger partial charge in [0, 0.05) is 5.56 Å². The van der Waals surface area contributed by atoms with Gasteiger partial charge in [-0.1, -0.05) is 38.1 Å². The molecule has 0 radical (unpaired) electrons. The molecule has 0 amide bonds. The van der Waals surface area contributed by atoms with Crippen molar-refractivity contribution < 1.29 is 4.57 Å². The van der Waals surface area contributed by atoms with E-state index in [0.717, 1.165) is 0 Å². The Balaban J connectivity index is 1.61. The van der Waals surface area contributed by atoms with Crippen LogP contribution in [0.1, 0.15) is 56.6 Å². The van der Waals surface area contributed by atoms with Gasteiger partial charge < -0.3 is 0 Å². The first-order valence-electron chi connectivity index (χ1n) is 11.9. The second kappa shape index (κ2) is 7.09. The van der Waals surface area contributed by atoms with E-state index >= 15 is 0 Å². The highest BCUT2D eigenvalue weighted by molar-refractivity contribution is 7.73. The Bertz CT molecular complexity index is 1390. The molecule has 1 fully saturated rings. The maximum Gasteiger partial charge on any atom is 0.287 e. The van der Waals surface area contributed by atoms with E-state index in [0.29, 0.717) is 11.3 Å². The molecule has 1 aromatic heterocycles. The van der Waals surface area contributed by atoms with E-state index in [9.17, 15) is 0 Å². The minimum Gasteiger partial charge on any atom is -0.232 e. The van der Waals surface area contributed by atoms with Crippen molar-refractivity contribution in [3.8, 4) is 11.3 Å². The number of fused-ring (bicyclic) bond motifs is 3. The molecule has 2 aliphatic rings. The summed E-state index contributed by atoms with van der Waals surface area (Å²) in [7, 11) is 1.73. The predicted molar refractivity (Wildman–Crippen MR) is 138 cm³/mol. The first-order chi connectivity index (χ1) is 15.3. The second-order valence-electron chi connectivity index (χ2n) is 10.8. The molecule has 3 aromatic carbocycles. The van der Waals surface area contributed by atoms with Crippen molar-refractivity contribution in [2.75, 3.05) is 6.66 Å². The van der Waals surface area contributed by atoms with Crippen LogP contribution < -0.4 is 15.2 Å². The third-order valence-corrected chi connectivity index (χ3v) is 10.3. The van der Waals surface area contributed by atoms with Crippen LogP contribution in [0.2, 0.25) is 0 Å².